The molecule has 1 unspecified atom stereocenters. The molecule has 2 aliphatic rings. The van der Waals surface area contributed by atoms with Gasteiger partial charge in [-0.05, 0) is 31.6 Å². The van der Waals surface area contributed by atoms with Gasteiger partial charge in [-0.1, -0.05) is 13.8 Å². The Morgan fingerprint density at radius 1 is 1.47 bits per heavy atom. The van der Waals surface area contributed by atoms with Crippen LogP contribution in [-0.4, -0.2) is 15.6 Å². The number of hydrogen-bond donors (Lipinski definition) is 1. The van der Waals surface area contributed by atoms with Gasteiger partial charge < -0.3 is 9.88 Å². The van der Waals surface area contributed by atoms with Crippen LogP contribution in [0.1, 0.15) is 44.8 Å². The first-order valence-corrected chi connectivity index (χ1v) is 5.88. The second-order valence-electron chi connectivity index (χ2n) is 5.74. The molecule has 0 spiro atoms. The number of hydrogen-bond acceptors (Lipinski definition) is 2. The SMILES string of the molecule is Cc1cn(C2CC2(C)C)c(NC2CC2)n1. The molecule has 1 atom stereocenters. The van der Waals surface area contributed by atoms with E-state index in [1.165, 1.54) is 19.3 Å². The number of nitrogens with zero attached hydrogens (tertiary/aromatic N) is 2. The van der Waals surface area contributed by atoms with E-state index in [1.807, 2.05) is 0 Å². The van der Waals surface area contributed by atoms with E-state index in [0.717, 1.165) is 11.6 Å². The monoisotopic (exact) mass is 205 g/mol. The van der Waals surface area contributed by atoms with E-state index in [-0.39, 0.29) is 0 Å². The van der Waals surface area contributed by atoms with Crippen LogP contribution in [0.3, 0.4) is 0 Å². The third kappa shape index (κ3) is 1.64. The summed E-state index contributed by atoms with van der Waals surface area (Å²) in [5.41, 5.74) is 1.59. The van der Waals surface area contributed by atoms with Crippen LogP contribution in [-0.2, 0) is 0 Å². The molecule has 15 heavy (non-hydrogen) atoms. The number of anilines is 1. The standard InChI is InChI=1S/C12H19N3/c1-8-7-15(10-6-12(10,2)3)11(13-8)14-9-4-5-9/h7,9-10H,4-6H2,1-3H3,(H,13,14). The zero-order chi connectivity index (χ0) is 10.6. The van der Waals surface area contributed by atoms with Gasteiger partial charge in [0.25, 0.3) is 0 Å². The Balaban J connectivity index is 1.85. The lowest BCUT2D eigenvalue weighted by Crippen LogP contribution is -2.09. The molecule has 1 aromatic rings. The molecule has 3 nitrogen and oxygen atoms in total. The molecule has 0 bridgehead atoms. The number of aryl methyl sites for hydroxylation is 1. The Labute approximate surface area is 90.9 Å². The van der Waals surface area contributed by atoms with Crippen molar-refractivity contribution >= 4 is 5.95 Å². The predicted octanol–water partition coefficient (Wildman–Crippen LogP) is 2.74. The highest BCUT2D eigenvalue weighted by atomic mass is 15.3. The van der Waals surface area contributed by atoms with Crippen LogP contribution < -0.4 is 5.32 Å². The molecule has 0 amide bonds. The molecular weight excluding hydrogens is 186 g/mol. The van der Waals surface area contributed by atoms with E-state index >= 15 is 0 Å². The maximum Gasteiger partial charge on any atom is 0.203 e. The van der Waals surface area contributed by atoms with Crippen LogP contribution in [0, 0.1) is 12.3 Å². The van der Waals surface area contributed by atoms with Crippen molar-refractivity contribution in [2.45, 2.75) is 52.1 Å². The number of aromatic nitrogens is 2. The number of nitrogens with one attached hydrogen (secondary N) is 1. The van der Waals surface area contributed by atoms with E-state index in [1.54, 1.807) is 0 Å². The van der Waals surface area contributed by atoms with Gasteiger partial charge in [0, 0.05) is 18.3 Å². The number of imidazole rings is 1. The summed E-state index contributed by atoms with van der Waals surface area (Å²) in [5, 5.41) is 3.52. The number of rotatable bonds is 3. The van der Waals surface area contributed by atoms with Gasteiger partial charge in [-0.2, -0.15) is 0 Å². The lowest BCUT2D eigenvalue weighted by molar-refractivity contribution is 0.543. The summed E-state index contributed by atoms with van der Waals surface area (Å²) in [6.45, 7) is 6.73. The quantitative estimate of drug-likeness (QED) is 0.822. The molecule has 1 N–H and O–H groups in total. The average Bonchev–Trinajstić information content (AvgIpc) is 2.99. The summed E-state index contributed by atoms with van der Waals surface area (Å²) in [6, 6.07) is 1.34. The Morgan fingerprint density at radius 2 is 2.13 bits per heavy atom. The first-order valence-electron chi connectivity index (χ1n) is 5.88. The molecule has 0 aliphatic heterocycles. The summed E-state index contributed by atoms with van der Waals surface area (Å²) in [7, 11) is 0. The summed E-state index contributed by atoms with van der Waals surface area (Å²) < 4.78 is 2.34. The molecule has 2 saturated carbocycles. The van der Waals surface area contributed by atoms with Crippen LogP contribution in [0.25, 0.3) is 0 Å². The van der Waals surface area contributed by atoms with Gasteiger partial charge in [0.1, 0.15) is 0 Å². The topological polar surface area (TPSA) is 29.9 Å². The Bertz CT molecular complexity index is 388. The van der Waals surface area contributed by atoms with Crippen LogP contribution in [0.5, 0.6) is 0 Å². The first-order chi connectivity index (χ1) is 7.06. The molecule has 0 radical (unpaired) electrons. The van der Waals surface area contributed by atoms with Crippen molar-refractivity contribution in [3.8, 4) is 0 Å². The van der Waals surface area contributed by atoms with Crippen molar-refractivity contribution in [2.24, 2.45) is 5.41 Å². The van der Waals surface area contributed by atoms with Crippen LogP contribution in [0.4, 0.5) is 5.95 Å². The lowest BCUT2D eigenvalue weighted by atomic mass is 10.2. The normalized spacial score (nSPS) is 27.8. The minimum absolute atomic E-state index is 0.465. The van der Waals surface area contributed by atoms with Crippen molar-refractivity contribution < 1.29 is 0 Å². The fourth-order valence-electron chi connectivity index (χ4n) is 2.18. The lowest BCUT2D eigenvalue weighted by Gasteiger charge is -2.10. The maximum atomic E-state index is 4.57. The fourth-order valence-corrected chi connectivity index (χ4v) is 2.18. The predicted molar refractivity (Wildman–Crippen MR) is 61.0 cm³/mol. The van der Waals surface area contributed by atoms with Crippen molar-refractivity contribution in [1.29, 1.82) is 0 Å². The average molecular weight is 205 g/mol. The zero-order valence-corrected chi connectivity index (χ0v) is 9.75. The van der Waals surface area contributed by atoms with Gasteiger partial charge >= 0.3 is 0 Å². The van der Waals surface area contributed by atoms with Gasteiger partial charge in [0.2, 0.25) is 5.95 Å². The summed E-state index contributed by atoms with van der Waals surface area (Å²) >= 11 is 0. The molecule has 3 rings (SSSR count). The zero-order valence-electron chi connectivity index (χ0n) is 9.75. The van der Waals surface area contributed by atoms with Gasteiger partial charge in [-0.15, -0.1) is 0 Å². The molecule has 2 fully saturated rings. The maximum absolute atomic E-state index is 4.57. The second kappa shape index (κ2) is 2.77. The highest BCUT2D eigenvalue weighted by Crippen LogP contribution is 2.56. The molecule has 0 aromatic carbocycles. The fraction of sp³-hybridized carbons (Fsp3) is 0.750. The smallest absolute Gasteiger partial charge is 0.203 e. The highest BCUT2D eigenvalue weighted by molar-refractivity contribution is 5.34. The Hall–Kier alpha value is -0.990. The van der Waals surface area contributed by atoms with Crippen LogP contribution >= 0.6 is 0 Å². The molecule has 3 heteroatoms. The van der Waals surface area contributed by atoms with Gasteiger partial charge in [-0.25, -0.2) is 4.98 Å². The summed E-state index contributed by atoms with van der Waals surface area (Å²) in [5.74, 6) is 1.09. The van der Waals surface area contributed by atoms with E-state index in [0.29, 0.717) is 17.5 Å². The molecular formula is C12H19N3. The van der Waals surface area contributed by atoms with Crippen molar-refractivity contribution in [3.05, 3.63) is 11.9 Å². The third-order valence-electron chi connectivity index (χ3n) is 3.56. The minimum atomic E-state index is 0.465. The first kappa shape index (κ1) is 9.25. The third-order valence-corrected chi connectivity index (χ3v) is 3.56. The van der Waals surface area contributed by atoms with E-state index in [2.05, 4.69) is 41.8 Å². The van der Waals surface area contributed by atoms with Crippen LogP contribution in [0.15, 0.2) is 6.20 Å². The summed E-state index contributed by atoms with van der Waals surface area (Å²) in [6.07, 6.45) is 6.08. The van der Waals surface area contributed by atoms with Gasteiger partial charge in [0.15, 0.2) is 0 Å². The van der Waals surface area contributed by atoms with Gasteiger partial charge in [0.05, 0.1) is 5.69 Å². The van der Waals surface area contributed by atoms with E-state index in [4.69, 9.17) is 0 Å². The Morgan fingerprint density at radius 3 is 2.67 bits per heavy atom. The summed E-state index contributed by atoms with van der Waals surface area (Å²) in [4.78, 5) is 4.57. The molecule has 2 aliphatic carbocycles. The van der Waals surface area contributed by atoms with E-state index in [9.17, 15) is 0 Å². The minimum Gasteiger partial charge on any atom is -0.353 e. The largest absolute Gasteiger partial charge is 0.353 e. The van der Waals surface area contributed by atoms with Crippen molar-refractivity contribution in [2.75, 3.05) is 5.32 Å². The molecule has 82 valence electrons. The van der Waals surface area contributed by atoms with Crippen LogP contribution in [0.2, 0.25) is 0 Å². The van der Waals surface area contributed by atoms with E-state index < -0.39 is 0 Å². The molecule has 1 heterocycles. The highest BCUT2D eigenvalue weighted by Gasteiger charge is 2.48. The van der Waals surface area contributed by atoms with Crippen molar-refractivity contribution in [3.63, 3.8) is 0 Å². The molecule has 0 saturated heterocycles. The Kier molecular flexibility index (Phi) is 1.71. The van der Waals surface area contributed by atoms with Gasteiger partial charge in [-0.3, -0.25) is 0 Å². The second-order valence-corrected chi connectivity index (χ2v) is 5.74. The van der Waals surface area contributed by atoms with Crippen molar-refractivity contribution in [1.82, 2.24) is 9.55 Å². The molecule has 1 aromatic heterocycles.